The van der Waals surface area contributed by atoms with Crippen LogP contribution in [0.25, 0.3) is 0 Å². The van der Waals surface area contributed by atoms with Crippen LogP contribution < -0.4 is 11.1 Å². The number of nitrogens with zero attached hydrogens (tertiary/aromatic N) is 9. The third kappa shape index (κ3) is 12.5. The highest BCUT2D eigenvalue weighted by molar-refractivity contribution is 6.76. The number of hydrogen-bond acceptors (Lipinski definition) is 10. The third-order valence-electron chi connectivity index (χ3n) is 11.9. The van der Waals surface area contributed by atoms with Crippen LogP contribution in [-0.4, -0.2) is 71.2 Å². The molecule has 17 heteroatoms. The van der Waals surface area contributed by atoms with Crippen molar-refractivity contribution in [3.05, 3.63) is 130 Å². The molecule has 2 unspecified atom stereocenters. The van der Waals surface area contributed by atoms with Crippen LogP contribution in [0.1, 0.15) is 82.3 Å². The van der Waals surface area contributed by atoms with Crippen LogP contribution in [0.3, 0.4) is 0 Å². The number of H-pyrrole nitrogens is 1. The van der Waals surface area contributed by atoms with Crippen molar-refractivity contribution in [2.45, 2.75) is 98.9 Å². The van der Waals surface area contributed by atoms with Gasteiger partial charge in [0.15, 0.2) is 11.4 Å². The number of aromatic amines is 1. The molecular weight excluding hydrogens is 837 g/mol. The van der Waals surface area contributed by atoms with Crippen LogP contribution >= 0.6 is 0 Å². The summed E-state index contributed by atoms with van der Waals surface area (Å²) >= 11 is 0. The van der Waals surface area contributed by atoms with E-state index in [0.29, 0.717) is 61.5 Å². The number of carbonyl (C=O) groups is 2. The molecule has 65 heavy (non-hydrogen) atoms. The van der Waals surface area contributed by atoms with Crippen molar-refractivity contribution in [3.63, 3.8) is 0 Å². The molecule has 2 aromatic carbocycles. The summed E-state index contributed by atoms with van der Waals surface area (Å²) in [5, 5.41) is 51.1. The normalized spacial score (nSPS) is 16.8. The first kappa shape index (κ1) is 47.7. The van der Waals surface area contributed by atoms with Crippen molar-refractivity contribution in [1.82, 2.24) is 39.5 Å². The highest BCUT2D eigenvalue weighted by atomic mass is 28.3. The molecule has 6 aromatic rings. The molecule has 8 rings (SSSR count). The molecule has 4 heterocycles. The predicted molar refractivity (Wildman–Crippen MR) is 250 cm³/mol. The fourth-order valence-electron chi connectivity index (χ4n) is 7.96. The zero-order valence-electron chi connectivity index (χ0n) is 38.4. The summed E-state index contributed by atoms with van der Waals surface area (Å²) in [5.74, 6) is -1.66. The van der Waals surface area contributed by atoms with Crippen molar-refractivity contribution in [1.29, 1.82) is 10.5 Å². The van der Waals surface area contributed by atoms with Crippen LogP contribution in [-0.2, 0) is 50.2 Å². The van der Waals surface area contributed by atoms with Gasteiger partial charge < -0.3 is 20.9 Å². The first-order valence-electron chi connectivity index (χ1n) is 21.8. The smallest absolute Gasteiger partial charge is 0.356 e. The van der Waals surface area contributed by atoms with Crippen LogP contribution in [0.2, 0.25) is 25.7 Å². The zero-order valence-corrected chi connectivity index (χ0v) is 39.4. The maximum Gasteiger partial charge on any atom is 0.356 e. The Hall–Kier alpha value is -6.82. The molecular formula is C48H60N12O4Si. The monoisotopic (exact) mass is 896 g/mol. The molecule has 2 atom stereocenters. The van der Waals surface area contributed by atoms with Gasteiger partial charge in [0.2, 0.25) is 0 Å². The zero-order chi connectivity index (χ0) is 46.9. The number of carboxylic acid groups (broad SMARTS) is 1. The van der Waals surface area contributed by atoms with Gasteiger partial charge in [-0.15, -0.1) is 0 Å². The summed E-state index contributed by atoms with van der Waals surface area (Å²) in [6.45, 7) is 17.5. The minimum absolute atomic E-state index is 0.0644. The highest BCUT2D eigenvalue weighted by Gasteiger charge is 2.41. The molecule has 340 valence electrons. The second-order valence-corrected chi connectivity index (χ2v) is 25.0. The van der Waals surface area contributed by atoms with Crippen molar-refractivity contribution >= 4 is 31.3 Å². The number of nitrogen functional groups attached to an aromatic ring is 1. The molecule has 0 fully saturated rings. The summed E-state index contributed by atoms with van der Waals surface area (Å²) in [4.78, 5) is 24.3. The van der Waals surface area contributed by atoms with E-state index in [4.69, 9.17) is 10.5 Å². The molecule has 0 aliphatic heterocycles. The van der Waals surface area contributed by atoms with E-state index in [2.05, 4.69) is 88.6 Å². The number of rotatable bonds is 12. The van der Waals surface area contributed by atoms with Gasteiger partial charge in [-0.1, -0.05) is 108 Å². The molecule has 2 aliphatic carbocycles. The summed E-state index contributed by atoms with van der Waals surface area (Å²) in [5.41, 5.74) is 12.7. The molecule has 16 nitrogen and oxygen atoms in total. The number of aromatic carboxylic acids is 1. The summed E-state index contributed by atoms with van der Waals surface area (Å²) < 4.78 is 11.0. The number of hydrogen-bond donors (Lipinski definition) is 4. The third-order valence-corrected chi connectivity index (χ3v) is 13.6. The number of carbonyl (C=O) groups excluding carboxylic acids is 1. The quantitative estimate of drug-likeness (QED) is 0.0683. The van der Waals surface area contributed by atoms with Gasteiger partial charge >= 0.3 is 5.97 Å². The van der Waals surface area contributed by atoms with Gasteiger partial charge in [-0.25, -0.2) is 9.48 Å². The lowest BCUT2D eigenvalue weighted by Crippen LogP contribution is -2.33. The number of carboxylic acids is 1. The van der Waals surface area contributed by atoms with Gasteiger partial charge in [-0.3, -0.25) is 19.3 Å². The Morgan fingerprint density at radius 3 is 1.98 bits per heavy atom. The first-order valence-corrected chi connectivity index (χ1v) is 25.5. The van der Waals surface area contributed by atoms with Gasteiger partial charge in [-0.05, 0) is 53.7 Å². The van der Waals surface area contributed by atoms with E-state index in [1.165, 1.54) is 5.56 Å². The van der Waals surface area contributed by atoms with Crippen LogP contribution in [0, 0.1) is 45.3 Å². The van der Waals surface area contributed by atoms with E-state index in [1.54, 1.807) is 28.0 Å². The number of anilines is 2. The minimum Gasteiger partial charge on any atom is -0.476 e. The molecule has 2 aliphatic rings. The Labute approximate surface area is 381 Å². The number of aromatic nitrogens is 8. The van der Waals surface area contributed by atoms with E-state index in [9.17, 15) is 25.2 Å². The average Bonchev–Trinajstić information content (AvgIpc) is 4.05. The molecule has 0 saturated heterocycles. The number of benzene rings is 2. The van der Waals surface area contributed by atoms with Gasteiger partial charge in [0.1, 0.15) is 6.73 Å². The van der Waals surface area contributed by atoms with E-state index in [-0.39, 0.29) is 41.0 Å². The van der Waals surface area contributed by atoms with Crippen LogP contribution in [0.4, 0.5) is 11.4 Å². The van der Waals surface area contributed by atoms with Gasteiger partial charge in [0.05, 0.1) is 60.8 Å². The number of ether oxygens (including phenoxy) is 1. The predicted octanol–water partition coefficient (Wildman–Crippen LogP) is 7.84. The Morgan fingerprint density at radius 1 is 0.862 bits per heavy atom. The number of amides is 1. The standard InChI is InChI=1S/C21H22N6O.C17H27N3O3Si.C10H11N3/c1-21(2)9-18-17(8-15(21)10-22)19(26-25-18)20(28)24-16-11-23-27(13-16)12-14-6-4-3-5-7-14;1-17(2)9-14-13(8-12(17)10-18)15(16(21)22)19-20(14)11-23-6-7-24(3,4)5;11-10-6-12-13(8-10)7-9-4-2-1-3-5-9/h3-7,11,13,15H,8-9,12H2,1-2H3,(H,24,28)(H,25,26);12H,6-9,11H2,1-5H3,(H,21,22);1-6,8H,7,11H2. The lowest BCUT2D eigenvalue weighted by molar-refractivity contribution is 0.0666. The lowest BCUT2D eigenvalue weighted by atomic mass is 9.68. The average molecular weight is 897 g/mol. The highest BCUT2D eigenvalue weighted by Crippen LogP contribution is 2.41. The maximum atomic E-state index is 12.8. The topological polar surface area (TPSA) is 231 Å². The fraction of sp³-hybridized carbons (Fsp3) is 0.417. The van der Waals surface area contributed by atoms with Gasteiger partial charge in [-0.2, -0.15) is 30.9 Å². The number of fused-ring (bicyclic) bond motifs is 2. The Morgan fingerprint density at radius 2 is 1.43 bits per heavy atom. The van der Waals surface area contributed by atoms with Gasteiger partial charge in [0.25, 0.3) is 5.91 Å². The van der Waals surface area contributed by atoms with E-state index in [0.717, 1.165) is 35.1 Å². The Balaban J connectivity index is 0.000000172. The molecule has 0 radical (unpaired) electrons. The molecule has 5 N–H and O–H groups in total. The molecule has 4 aromatic heterocycles. The Kier molecular flexibility index (Phi) is 14.9. The second kappa shape index (κ2) is 20.3. The molecule has 0 bridgehead atoms. The van der Waals surface area contributed by atoms with Crippen LogP contribution in [0.5, 0.6) is 0 Å². The number of nitrogens with one attached hydrogen (secondary N) is 2. The summed E-state index contributed by atoms with van der Waals surface area (Å²) in [6, 6.07) is 25.9. The largest absolute Gasteiger partial charge is 0.476 e. The summed E-state index contributed by atoms with van der Waals surface area (Å²) in [7, 11) is -1.16. The molecule has 1 amide bonds. The van der Waals surface area contributed by atoms with E-state index >= 15 is 0 Å². The van der Waals surface area contributed by atoms with Crippen molar-refractivity contribution in [2.75, 3.05) is 17.7 Å². The molecule has 0 saturated carbocycles. The first-order chi connectivity index (χ1) is 30.9. The molecule has 0 spiro atoms. The van der Waals surface area contributed by atoms with Crippen molar-refractivity contribution in [2.24, 2.45) is 22.7 Å². The van der Waals surface area contributed by atoms with Gasteiger partial charge in [0, 0.05) is 49.6 Å². The minimum atomic E-state index is -1.16. The van der Waals surface area contributed by atoms with Crippen LogP contribution in [0.15, 0.2) is 85.5 Å². The fourth-order valence-corrected chi connectivity index (χ4v) is 8.71. The van der Waals surface area contributed by atoms with E-state index < -0.39 is 14.0 Å². The number of nitriles is 2. The Bertz CT molecular complexity index is 2640. The van der Waals surface area contributed by atoms with Crippen molar-refractivity contribution in [3.8, 4) is 12.1 Å². The number of nitrogens with two attached hydrogens (primary N) is 1. The second-order valence-electron chi connectivity index (χ2n) is 19.4. The lowest BCUT2D eigenvalue weighted by Gasteiger charge is -2.34. The SMILES string of the molecule is CC1(C)Cc2[nH]nc(C(=O)Nc3cnn(Cc4ccccc4)c3)c2CC1C#N.CC1(C)Cc2c(c(C(=O)O)nn2COCC[Si](C)(C)C)CC1C#N.Nc1cnn(Cc2ccccc2)c1. The summed E-state index contributed by atoms with van der Waals surface area (Å²) in [6.07, 6.45) is 9.22. The van der Waals surface area contributed by atoms with E-state index in [1.807, 2.05) is 73.3 Å². The van der Waals surface area contributed by atoms with Crippen molar-refractivity contribution < 1.29 is 19.4 Å². The maximum absolute atomic E-state index is 12.8.